The number of hydrogen-bond acceptors (Lipinski definition) is 2. The number of rotatable bonds is 5. The van der Waals surface area contributed by atoms with Crippen molar-refractivity contribution in [2.24, 2.45) is 0 Å². The zero-order valence-electron chi connectivity index (χ0n) is 6.88. The Balaban J connectivity index is 3.67. The summed E-state index contributed by atoms with van der Waals surface area (Å²) in [6.07, 6.45) is 2.16. The van der Waals surface area contributed by atoms with Crippen molar-refractivity contribution in [3.05, 3.63) is 12.7 Å². The van der Waals surface area contributed by atoms with Crippen LogP contribution in [-0.4, -0.2) is 29.3 Å². The fraction of sp³-hybridized carbons (Fsp3) is 0.750. The number of hydrogen-bond donors (Lipinski definition) is 1. The molecule has 0 saturated carbocycles. The molecule has 0 heterocycles. The molecule has 0 rings (SSSR count). The van der Waals surface area contributed by atoms with Crippen LogP contribution in [0.15, 0.2) is 12.7 Å². The van der Waals surface area contributed by atoms with Gasteiger partial charge in [0.25, 0.3) is 0 Å². The zero-order chi connectivity index (χ0) is 7.98. The molecule has 60 valence electrons. The predicted octanol–water partition coefficient (Wildman–Crippen LogP) is 1.22. The second-order valence-corrected chi connectivity index (χ2v) is 2.28. The summed E-state index contributed by atoms with van der Waals surface area (Å²) in [6.45, 7) is 9.46. The minimum absolute atomic E-state index is 0.468. The summed E-state index contributed by atoms with van der Waals surface area (Å²) in [5, 5.41) is 9.26. The predicted molar refractivity (Wildman–Crippen MR) is 43.7 cm³/mol. The molecule has 10 heavy (non-hydrogen) atoms. The molecule has 0 spiro atoms. The summed E-state index contributed by atoms with van der Waals surface area (Å²) in [4.78, 5) is 1.97. The van der Waals surface area contributed by atoms with Crippen molar-refractivity contribution in [2.75, 3.05) is 13.1 Å². The Kier molecular flexibility index (Phi) is 5.26. The highest BCUT2D eigenvalue weighted by Gasteiger charge is 2.06. The van der Waals surface area contributed by atoms with Crippen molar-refractivity contribution < 1.29 is 5.11 Å². The van der Waals surface area contributed by atoms with Crippen LogP contribution in [0.5, 0.6) is 0 Å². The number of aliphatic hydroxyl groups is 1. The van der Waals surface area contributed by atoms with Gasteiger partial charge in [-0.2, -0.15) is 0 Å². The van der Waals surface area contributed by atoms with Gasteiger partial charge in [0.2, 0.25) is 0 Å². The van der Waals surface area contributed by atoms with E-state index in [1.807, 2.05) is 11.8 Å². The van der Waals surface area contributed by atoms with E-state index in [9.17, 15) is 5.11 Å². The first-order valence-electron chi connectivity index (χ1n) is 3.80. The van der Waals surface area contributed by atoms with Crippen LogP contribution in [0.2, 0.25) is 0 Å². The van der Waals surface area contributed by atoms with Crippen molar-refractivity contribution >= 4 is 0 Å². The lowest BCUT2D eigenvalue weighted by Crippen LogP contribution is -2.33. The smallest absolute Gasteiger partial charge is 0.126 e. The quantitative estimate of drug-likeness (QED) is 0.462. The van der Waals surface area contributed by atoms with Crippen molar-refractivity contribution in [1.29, 1.82) is 0 Å². The molecule has 0 aliphatic heterocycles. The van der Waals surface area contributed by atoms with Crippen LogP contribution in [0, 0.1) is 0 Å². The lowest BCUT2D eigenvalue weighted by molar-refractivity contribution is 0.0462. The summed E-state index contributed by atoms with van der Waals surface area (Å²) in [6, 6.07) is 0. The Morgan fingerprint density at radius 1 is 1.60 bits per heavy atom. The summed E-state index contributed by atoms with van der Waals surface area (Å²) in [5.74, 6) is 0. The van der Waals surface area contributed by atoms with Gasteiger partial charge in [0.1, 0.15) is 6.23 Å². The minimum atomic E-state index is -0.468. The summed E-state index contributed by atoms with van der Waals surface area (Å²) in [5.41, 5.74) is 0. The van der Waals surface area contributed by atoms with E-state index in [2.05, 4.69) is 13.5 Å². The first-order chi connectivity index (χ1) is 4.76. The molecule has 0 radical (unpaired) electrons. The average Bonchev–Trinajstić information content (AvgIpc) is 1.99. The van der Waals surface area contributed by atoms with Crippen LogP contribution in [0.1, 0.15) is 20.3 Å². The normalized spacial score (nSPS) is 13.6. The second-order valence-electron chi connectivity index (χ2n) is 2.28. The molecule has 1 unspecified atom stereocenters. The Labute approximate surface area is 63.2 Å². The molecule has 0 aromatic rings. The van der Waals surface area contributed by atoms with Gasteiger partial charge >= 0.3 is 0 Å². The van der Waals surface area contributed by atoms with Crippen LogP contribution < -0.4 is 0 Å². The number of likely N-dealkylation sites (N-methyl/N-ethyl adjacent to an activating group) is 1. The molecule has 0 amide bonds. The Bertz CT molecular complexity index is 93.3. The van der Waals surface area contributed by atoms with Gasteiger partial charge in [0, 0.05) is 6.54 Å². The SMILES string of the molecule is C=CC(O)N(CC)CCC. The highest BCUT2D eigenvalue weighted by Crippen LogP contribution is 1.97. The van der Waals surface area contributed by atoms with Crippen molar-refractivity contribution in [3.8, 4) is 0 Å². The van der Waals surface area contributed by atoms with Gasteiger partial charge in [-0.25, -0.2) is 0 Å². The largest absolute Gasteiger partial charge is 0.375 e. The summed E-state index contributed by atoms with van der Waals surface area (Å²) < 4.78 is 0. The maximum Gasteiger partial charge on any atom is 0.126 e. The maximum absolute atomic E-state index is 9.26. The fourth-order valence-corrected chi connectivity index (χ4v) is 0.914. The van der Waals surface area contributed by atoms with Gasteiger partial charge in [-0.05, 0) is 19.0 Å². The van der Waals surface area contributed by atoms with Crippen molar-refractivity contribution in [1.82, 2.24) is 4.90 Å². The van der Waals surface area contributed by atoms with E-state index in [1.54, 1.807) is 6.08 Å². The summed E-state index contributed by atoms with van der Waals surface area (Å²) in [7, 11) is 0. The van der Waals surface area contributed by atoms with Gasteiger partial charge in [-0.15, -0.1) is 0 Å². The third-order valence-electron chi connectivity index (χ3n) is 1.50. The molecule has 0 aromatic heterocycles. The van der Waals surface area contributed by atoms with Crippen LogP contribution in [0.4, 0.5) is 0 Å². The molecule has 0 aliphatic carbocycles. The third-order valence-corrected chi connectivity index (χ3v) is 1.50. The fourth-order valence-electron chi connectivity index (χ4n) is 0.914. The highest BCUT2D eigenvalue weighted by molar-refractivity contribution is 4.77. The van der Waals surface area contributed by atoms with Gasteiger partial charge in [-0.1, -0.05) is 20.4 Å². The van der Waals surface area contributed by atoms with E-state index < -0.39 is 6.23 Å². The van der Waals surface area contributed by atoms with E-state index in [-0.39, 0.29) is 0 Å². The average molecular weight is 143 g/mol. The van der Waals surface area contributed by atoms with E-state index >= 15 is 0 Å². The number of aliphatic hydroxyl groups excluding tert-OH is 1. The topological polar surface area (TPSA) is 23.5 Å². The standard InChI is InChI=1S/C8H17NO/c1-4-7-9(6-3)8(10)5-2/h5,8,10H,2,4,6-7H2,1,3H3. The minimum Gasteiger partial charge on any atom is -0.375 e. The molecule has 0 aromatic carbocycles. The molecular weight excluding hydrogens is 126 g/mol. The first-order valence-corrected chi connectivity index (χ1v) is 3.80. The molecule has 2 heteroatoms. The lowest BCUT2D eigenvalue weighted by Gasteiger charge is -2.22. The Morgan fingerprint density at radius 3 is 2.50 bits per heavy atom. The van der Waals surface area contributed by atoms with E-state index in [0.29, 0.717) is 0 Å². The van der Waals surface area contributed by atoms with Crippen LogP contribution >= 0.6 is 0 Å². The van der Waals surface area contributed by atoms with Gasteiger partial charge < -0.3 is 5.11 Å². The molecule has 1 atom stereocenters. The number of nitrogens with zero attached hydrogens (tertiary/aromatic N) is 1. The molecule has 0 aliphatic rings. The molecule has 2 nitrogen and oxygen atoms in total. The van der Waals surface area contributed by atoms with Gasteiger partial charge in [0.15, 0.2) is 0 Å². The lowest BCUT2D eigenvalue weighted by atomic mass is 10.3. The van der Waals surface area contributed by atoms with E-state index in [4.69, 9.17) is 0 Å². The molecule has 0 fully saturated rings. The van der Waals surface area contributed by atoms with Crippen LogP contribution in [-0.2, 0) is 0 Å². The molecule has 0 bridgehead atoms. The second kappa shape index (κ2) is 5.45. The Morgan fingerprint density at radius 2 is 2.20 bits per heavy atom. The van der Waals surface area contributed by atoms with E-state index in [1.165, 1.54) is 0 Å². The summed E-state index contributed by atoms with van der Waals surface area (Å²) >= 11 is 0. The highest BCUT2D eigenvalue weighted by atomic mass is 16.3. The third kappa shape index (κ3) is 2.99. The van der Waals surface area contributed by atoms with Crippen molar-refractivity contribution in [2.45, 2.75) is 26.5 Å². The van der Waals surface area contributed by atoms with E-state index in [0.717, 1.165) is 19.5 Å². The zero-order valence-corrected chi connectivity index (χ0v) is 6.88. The molecule has 1 N–H and O–H groups in total. The maximum atomic E-state index is 9.26. The van der Waals surface area contributed by atoms with Crippen LogP contribution in [0.25, 0.3) is 0 Å². The van der Waals surface area contributed by atoms with Crippen molar-refractivity contribution in [3.63, 3.8) is 0 Å². The molecular formula is C8H17NO. The first kappa shape index (κ1) is 9.66. The van der Waals surface area contributed by atoms with Crippen LogP contribution in [0.3, 0.4) is 0 Å². The van der Waals surface area contributed by atoms with Gasteiger partial charge in [-0.3, -0.25) is 4.90 Å². The monoisotopic (exact) mass is 143 g/mol. The Hall–Kier alpha value is -0.340. The molecule has 0 saturated heterocycles. The van der Waals surface area contributed by atoms with Gasteiger partial charge in [0.05, 0.1) is 0 Å².